The number of hydrogen-bond acceptors (Lipinski definition) is 6. The second-order valence-corrected chi connectivity index (χ2v) is 9.43. The van der Waals surface area contributed by atoms with Gasteiger partial charge in [0.1, 0.15) is 17.0 Å². The molecule has 2 unspecified atom stereocenters. The van der Waals surface area contributed by atoms with Crippen molar-refractivity contribution in [2.24, 2.45) is 5.92 Å². The van der Waals surface area contributed by atoms with Crippen LogP contribution in [-0.4, -0.2) is 53.9 Å². The molecule has 2 heterocycles. The summed E-state index contributed by atoms with van der Waals surface area (Å²) in [5.41, 5.74) is -0.819. The van der Waals surface area contributed by atoms with Crippen LogP contribution in [0.5, 0.6) is 0 Å². The molecule has 2 aromatic rings. The monoisotopic (exact) mass is 494 g/mol. The van der Waals surface area contributed by atoms with Crippen LogP contribution in [-0.2, 0) is 20.8 Å². The number of esters is 1. The normalized spacial score (nSPS) is 18.8. The summed E-state index contributed by atoms with van der Waals surface area (Å²) in [5, 5.41) is -0.0219. The van der Waals surface area contributed by atoms with Crippen LogP contribution in [0.2, 0.25) is 5.02 Å². The molecule has 0 N–H and O–H groups in total. The van der Waals surface area contributed by atoms with E-state index in [2.05, 4.69) is 0 Å². The number of carbonyl (C=O) groups is 2. The van der Waals surface area contributed by atoms with Crippen LogP contribution in [0.15, 0.2) is 41.3 Å². The number of aromatic nitrogens is 1. The third kappa shape index (κ3) is 6.15. The van der Waals surface area contributed by atoms with Gasteiger partial charge in [0.2, 0.25) is 0 Å². The molecule has 184 valence electrons. The van der Waals surface area contributed by atoms with Gasteiger partial charge in [-0.3, -0.25) is 4.79 Å². The fourth-order valence-electron chi connectivity index (χ4n) is 3.80. The van der Waals surface area contributed by atoms with Crippen molar-refractivity contribution >= 4 is 23.7 Å². The molecule has 8 nitrogen and oxygen atoms in total. The highest BCUT2D eigenvalue weighted by atomic mass is 35.5. The Balaban J connectivity index is 1.98. The molecule has 1 aliphatic rings. The van der Waals surface area contributed by atoms with Crippen molar-refractivity contribution in [2.45, 2.75) is 39.0 Å². The highest BCUT2D eigenvalue weighted by molar-refractivity contribution is 6.30. The van der Waals surface area contributed by atoms with Crippen LogP contribution >= 0.6 is 11.6 Å². The molecule has 34 heavy (non-hydrogen) atoms. The second-order valence-electron chi connectivity index (χ2n) is 9.02. The molecule has 1 aromatic heterocycles. The molecule has 1 aliphatic heterocycles. The zero-order chi connectivity index (χ0) is 25.0. The van der Waals surface area contributed by atoms with E-state index in [4.69, 9.17) is 25.8 Å². The maximum absolute atomic E-state index is 14.2. The van der Waals surface area contributed by atoms with Crippen molar-refractivity contribution in [1.82, 2.24) is 9.47 Å². The summed E-state index contributed by atoms with van der Waals surface area (Å²) in [6.07, 6.45) is 0.379. The molecular weight excluding hydrogens is 467 g/mol. The smallest absolute Gasteiger partial charge is 0.410 e. The Kier molecular flexibility index (Phi) is 7.99. The Bertz CT molecular complexity index is 1110. The number of rotatable bonds is 4. The van der Waals surface area contributed by atoms with E-state index < -0.39 is 41.1 Å². The van der Waals surface area contributed by atoms with Crippen molar-refractivity contribution in [3.63, 3.8) is 0 Å². The first kappa shape index (κ1) is 25.7. The summed E-state index contributed by atoms with van der Waals surface area (Å²) in [7, 11) is 1.20. The predicted octanol–water partition coefficient (Wildman–Crippen LogP) is 4.05. The quantitative estimate of drug-likeness (QED) is 0.596. The lowest BCUT2D eigenvalue weighted by Gasteiger charge is -2.30. The van der Waals surface area contributed by atoms with E-state index in [1.54, 1.807) is 32.9 Å². The molecule has 10 heteroatoms. The summed E-state index contributed by atoms with van der Waals surface area (Å²) in [6.45, 7) is 6.03. The maximum atomic E-state index is 14.2. The third-order valence-corrected chi connectivity index (χ3v) is 5.63. The fraction of sp³-hybridized carbons (Fsp3) is 0.458. The van der Waals surface area contributed by atoms with Crippen molar-refractivity contribution in [2.75, 3.05) is 26.8 Å². The number of carbonyl (C=O) groups excluding carboxylic acids is 2. The fourth-order valence-corrected chi connectivity index (χ4v) is 3.92. The van der Waals surface area contributed by atoms with Gasteiger partial charge in [-0.25, -0.2) is 14.0 Å². The number of amides is 1. The van der Waals surface area contributed by atoms with E-state index in [0.29, 0.717) is 5.56 Å². The number of pyridine rings is 1. The van der Waals surface area contributed by atoms with E-state index >= 15 is 0 Å². The third-order valence-electron chi connectivity index (χ3n) is 5.32. The summed E-state index contributed by atoms with van der Waals surface area (Å²) < 4.78 is 31.9. The van der Waals surface area contributed by atoms with E-state index in [0.717, 1.165) is 0 Å². The highest BCUT2D eigenvalue weighted by Crippen LogP contribution is 2.32. The van der Waals surface area contributed by atoms with Crippen LogP contribution < -0.4 is 5.56 Å². The summed E-state index contributed by atoms with van der Waals surface area (Å²) in [5.74, 6) is -1.82. The number of methoxy groups -OCH3 is 1. The topological polar surface area (TPSA) is 87.1 Å². The minimum atomic E-state index is -0.747. The van der Waals surface area contributed by atoms with E-state index in [-0.39, 0.29) is 36.8 Å². The van der Waals surface area contributed by atoms with Gasteiger partial charge in [-0.15, -0.1) is 0 Å². The largest absolute Gasteiger partial charge is 0.465 e. The van der Waals surface area contributed by atoms with E-state index in [9.17, 15) is 18.8 Å². The van der Waals surface area contributed by atoms with Crippen LogP contribution in [0.25, 0.3) is 0 Å². The van der Waals surface area contributed by atoms with Gasteiger partial charge in [0.15, 0.2) is 0 Å². The molecule has 0 aliphatic carbocycles. The number of nitrogens with zero attached hydrogens (tertiary/aromatic N) is 2. The van der Waals surface area contributed by atoms with Gasteiger partial charge in [-0.2, -0.15) is 0 Å². The van der Waals surface area contributed by atoms with Crippen LogP contribution in [0.3, 0.4) is 0 Å². The van der Waals surface area contributed by atoms with Crippen molar-refractivity contribution in [1.29, 1.82) is 0 Å². The highest BCUT2D eigenvalue weighted by Gasteiger charge is 2.34. The Morgan fingerprint density at radius 2 is 2.00 bits per heavy atom. The lowest BCUT2D eigenvalue weighted by molar-refractivity contribution is 0.0230. The Hall–Kier alpha value is -2.91. The van der Waals surface area contributed by atoms with Gasteiger partial charge >= 0.3 is 12.1 Å². The second kappa shape index (κ2) is 10.6. The van der Waals surface area contributed by atoms with Crippen molar-refractivity contribution < 1.29 is 28.2 Å². The van der Waals surface area contributed by atoms with Crippen molar-refractivity contribution in [3.05, 3.63) is 68.8 Å². The minimum Gasteiger partial charge on any atom is -0.465 e. The predicted molar refractivity (Wildman–Crippen MR) is 123 cm³/mol. The molecule has 1 saturated heterocycles. The number of ether oxygens (including phenoxy) is 3. The minimum absolute atomic E-state index is 0.0219. The lowest BCUT2D eigenvalue weighted by Crippen LogP contribution is -2.41. The number of hydrogen-bond donors (Lipinski definition) is 0. The molecule has 1 fully saturated rings. The number of benzene rings is 1. The summed E-state index contributed by atoms with van der Waals surface area (Å²) in [4.78, 5) is 39.2. The van der Waals surface area contributed by atoms with Gasteiger partial charge in [-0.05, 0) is 50.6 Å². The molecular formula is C24H28ClFN2O6. The first-order chi connectivity index (χ1) is 16.0. The standard InChI is InChI=1S/C24H28ClFN2O6/c1-24(2,3)34-23(31)28-10-11-33-20(15-7-8-18(25)19(26)12-15)16(14-28)13-27-9-5-6-17(21(27)29)22(30)32-4/h5-9,12,16,20H,10-11,13-14H2,1-4H3. The van der Waals surface area contributed by atoms with Gasteiger partial charge in [0.25, 0.3) is 5.56 Å². The van der Waals surface area contributed by atoms with Crippen LogP contribution in [0.4, 0.5) is 9.18 Å². The van der Waals surface area contributed by atoms with E-state index in [1.807, 2.05) is 0 Å². The average Bonchev–Trinajstić information content (AvgIpc) is 2.98. The average molecular weight is 495 g/mol. The molecule has 0 spiro atoms. The Morgan fingerprint density at radius 3 is 2.65 bits per heavy atom. The van der Waals surface area contributed by atoms with Gasteiger partial charge in [0, 0.05) is 31.7 Å². The van der Waals surface area contributed by atoms with Gasteiger partial charge < -0.3 is 23.7 Å². The first-order valence-electron chi connectivity index (χ1n) is 10.8. The first-order valence-corrected chi connectivity index (χ1v) is 11.2. The zero-order valence-corrected chi connectivity index (χ0v) is 20.3. The molecule has 1 amide bonds. The molecule has 0 bridgehead atoms. The Morgan fingerprint density at radius 1 is 1.26 bits per heavy atom. The van der Waals surface area contributed by atoms with Crippen LogP contribution in [0.1, 0.15) is 42.8 Å². The molecule has 1 aromatic carbocycles. The lowest BCUT2D eigenvalue weighted by atomic mass is 9.94. The Labute approximate surface area is 202 Å². The summed E-state index contributed by atoms with van der Waals surface area (Å²) in [6, 6.07) is 7.32. The summed E-state index contributed by atoms with van der Waals surface area (Å²) >= 11 is 5.85. The van der Waals surface area contributed by atoms with Gasteiger partial charge in [-0.1, -0.05) is 17.7 Å². The SMILES string of the molecule is COC(=O)c1cccn(CC2CN(C(=O)OC(C)(C)C)CCOC2c2ccc(Cl)c(F)c2)c1=O. The maximum Gasteiger partial charge on any atom is 0.410 e. The molecule has 0 saturated carbocycles. The molecule has 0 radical (unpaired) electrons. The van der Waals surface area contributed by atoms with E-state index in [1.165, 1.54) is 41.0 Å². The van der Waals surface area contributed by atoms with Crippen LogP contribution in [0, 0.1) is 11.7 Å². The zero-order valence-electron chi connectivity index (χ0n) is 19.5. The number of halogens is 2. The van der Waals surface area contributed by atoms with Crippen molar-refractivity contribution in [3.8, 4) is 0 Å². The molecule has 2 atom stereocenters. The molecule has 3 rings (SSSR count). The van der Waals surface area contributed by atoms with Gasteiger partial charge in [0.05, 0.1) is 24.8 Å².